The van der Waals surface area contributed by atoms with E-state index >= 15 is 0 Å². The molecule has 0 radical (unpaired) electrons. The number of amides is 2. The average Bonchev–Trinajstić information content (AvgIpc) is 3.21. The molecule has 0 fully saturated rings. The van der Waals surface area contributed by atoms with Crippen molar-refractivity contribution in [1.82, 2.24) is 20.1 Å². The maximum absolute atomic E-state index is 12.7. The van der Waals surface area contributed by atoms with E-state index in [-0.39, 0.29) is 27.8 Å². The molecule has 0 spiro atoms. The Morgan fingerprint density at radius 2 is 1.89 bits per heavy atom. The number of anilines is 1. The molecule has 3 rings (SSSR count). The number of benzene rings is 2. The van der Waals surface area contributed by atoms with Crippen molar-refractivity contribution in [1.29, 1.82) is 0 Å². The van der Waals surface area contributed by atoms with Gasteiger partial charge in [-0.3, -0.25) is 9.59 Å². The Kier molecular flexibility index (Phi) is 8.91. The van der Waals surface area contributed by atoms with Crippen LogP contribution in [0, 0.1) is 0 Å². The molecular formula is C23H21Cl2N5O4S. The largest absolute Gasteiger partial charge is 0.478 e. The Balaban J connectivity index is 1.66. The number of allylic oxidation sites excluding steroid dienone is 1. The molecule has 0 saturated heterocycles. The van der Waals surface area contributed by atoms with Gasteiger partial charge in [0.25, 0.3) is 5.91 Å². The van der Waals surface area contributed by atoms with Gasteiger partial charge in [0, 0.05) is 17.3 Å². The molecule has 0 bridgehead atoms. The van der Waals surface area contributed by atoms with Crippen LogP contribution < -0.4 is 10.6 Å². The summed E-state index contributed by atoms with van der Waals surface area (Å²) in [5.41, 5.74) is 0.883. The fourth-order valence-corrected chi connectivity index (χ4v) is 4.31. The van der Waals surface area contributed by atoms with Crippen molar-refractivity contribution in [3.63, 3.8) is 0 Å². The highest BCUT2D eigenvalue weighted by molar-refractivity contribution is 7.99. The Morgan fingerprint density at radius 3 is 2.51 bits per heavy atom. The number of rotatable bonds is 10. The molecule has 0 saturated carbocycles. The maximum atomic E-state index is 12.7. The molecule has 1 atom stereocenters. The molecule has 3 N–H and O–H groups in total. The van der Waals surface area contributed by atoms with Crippen LogP contribution in [-0.2, 0) is 11.3 Å². The molecule has 9 nitrogen and oxygen atoms in total. The van der Waals surface area contributed by atoms with E-state index in [0.29, 0.717) is 28.2 Å². The van der Waals surface area contributed by atoms with Gasteiger partial charge in [-0.15, -0.1) is 16.8 Å². The van der Waals surface area contributed by atoms with Gasteiger partial charge in [0.1, 0.15) is 0 Å². The van der Waals surface area contributed by atoms with E-state index in [0.717, 1.165) is 0 Å². The topological polar surface area (TPSA) is 126 Å². The van der Waals surface area contributed by atoms with Crippen molar-refractivity contribution in [3.8, 4) is 0 Å². The molecule has 0 aliphatic rings. The number of aromatic nitrogens is 3. The molecule has 12 heteroatoms. The monoisotopic (exact) mass is 533 g/mol. The van der Waals surface area contributed by atoms with Crippen molar-refractivity contribution in [2.24, 2.45) is 0 Å². The van der Waals surface area contributed by atoms with Crippen LogP contribution in [0.4, 0.5) is 5.69 Å². The summed E-state index contributed by atoms with van der Waals surface area (Å²) in [5.74, 6) is -1.22. The number of carboxylic acid groups (broad SMARTS) is 1. The molecule has 1 heterocycles. The summed E-state index contributed by atoms with van der Waals surface area (Å²) in [6.45, 7) is 5.88. The van der Waals surface area contributed by atoms with Crippen molar-refractivity contribution in [2.45, 2.75) is 24.7 Å². The van der Waals surface area contributed by atoms with Gasteiger partial charge in [0.2, 0.25) is 5.91 Å². The van der Waals surface area contributed by atoms with Gasteiger partial charge < -0.3 is 20.3 Å². The molecule has 0 unspecified atom stereocenters. The first-order valence-corrected chi connectivity index (χ1v) is 12.0. The zero-order chi connectivity index (χ0) is 25.5. The minimum absolute atomic E-state index is 0.0388. The van der Waals surface area contributed by atoms with E-state index in [4.69, 9.17) is 28.3 Å². The third-order valence-corrected chi connectivity index (χ3v) is 6.23. The summed E-state index contributed by atoms with van der Waals surface area (Å²) in [4.78, 5) is 36.0. The number of thioether (sulfide) groups is 1. The van der Waals surface area contributed by atoms with Gasteiger partial charge >= 0.3 is 5.97 Å². The van der Waals surface area contributed by atoms with Crippen LogP contribution in [0.2, 0.25) is 10.0 Å². The first kappa shape index (κ1) is 26.3. The smallest absolute Gasteiger partial charge is 0.335 e. The third kappa shape index (κ3) is 6.84. The van der Waals surface area contributed by atoms with Crippen LogP contribution in [0.5, 0.6) is 0 Å². The van der Waals surface area contributed by atoms with Gasteiger partial charge in [0.05, 0.1) is 27.9 Å². The minimum Gasteiger partial charge on any atom is -0.478 e. The van der Waals surface area contributed by atoms with Crippen molar-refractivity contribution in [2.75, 3.05) is 11.1 Å². The lowest BCUT2D eigenvalue weighted by molar-refractivity contribution is -0.113. The molecular weight excluding hydrogens is 513 g/mol. The molecule has 3 aromatic rings. The van der Waals surface area contributed by atoms with Gasteiger partial charge in [-0.1, -0.05) is 41.0 Å². The molecule has 2 amide bonds. The SMILES string of the molecule is C=CCn1c(SCC(=O)Nc2ccc(C(=O)O)cc2)nnc1[C@H](C)NC(=O)c1ccc(Cl)cc1Cl. The Morgan fingerprint density at radius 1 is 1.17 bits per heavy atom. The van der Waals surface area contributed by atoms with E-state index in [1.54, 1.807) is 23.6 Å². The number of hydrogen-bond donors (Lipinski definition) is 3. The van der Waals surface area contributed by atoms with Crippen LogP contribution in [-0.4, -0.2) is 43.4 Å². The lowest BCUT2D eigenvalue weighted by Gasteiger charge is -2.16. The zero-order valence-corrected chi connectivity index (χ0v) is 20.8. The highest BCUT2D eigenvalue weighted by Gasteiger charge is 2.21. The summed E-state index contributed by atoms with van der Waals surface area (Å²) in [7, 11) is 0. The summed E-state index contributed by atoms with van der Waals surface area (Å²) in [6.07, 6.45) is 1.66. The quantitative estimate of drug-likeness (QED) is 0.255. The second-order valence-corrected chi connectivity index (χ2v) is 9.06. The molecule has 2 aromatic carbocycles. The van der Waals surface area contributed by atoms with E-state index in [1.807, 2.05) is 0 Å². The van der Waals surface area contributed by atoms with E-state index < -0.39 is 17.9 Å². The Hall–Kier alpha value is -3.34. The normalized spacial score (nSPS) is 11.5. The standard InChI is InChI=1S/C23H21Cl2N5O4S/c1-3-10-30-20(13(2)26-21(32)17-9-6-15(24)11-18(17)25)28-29-23(30)35-12-19(31)27-16-7-4-14(5-8-16)22(33)34/h3-9,11,13H,1,10,12H2,2H3,(H,26,32)(H,27,31)(H,33,34)/t13-/m0/s1. The Bertz CT molecular complexity index is 1260. The fraction of sp³-hybridized carbons (Fsp3) is 0.174. The second-order valence-electron chi connectivity index (χ2n) is 7.28. The number of carboxylic acids is 1. The highest BCUT2D eigenvalue weighted by Crippen LogP contribution is 2.24. The van der Waals surface area contributed by atoms with Crippen LogP contribution in [0.25, 0.3) is 0 Å². The minimum atomic E-state index is -1.04. The Labute approximate surface area is 215 Å². The molecule has 0 aliphatic carbocycles. The number of carbonyl (C=O) groups excluding carboxylic acids is 2. The fourth-order valence-electron chi connectivity index (χ4n) is 3.06. The number of halogens is 2. The first-order chi connectivity index (χ1) is 16.7. The number of carbonyl (C=O) groups is 3. The van der Waals surface area contributed by atoms with Crippen molar-refractivity contribution >= 4 is 58.4 Å². The van der Waals surface area contributed by atoms with E-state index in [2.05, 4.69) is 27.4 Å². The third-order valence-electron chi connectivity index (χ3n) is 4.72. The predicted octanol–water partition coefficient (Wildman–Crippen LogP) is 4.69. The number of nitrogens with one attached hydrogen (secondary N) is 2. The molecule has 0 aliphatic heterocycles. The molecule has 1 aromatic heterocycles. The highest BCUT2D eigenvalue weighted by atomic mass is 35.5. The van der Waals surface area contributed by atoms with Crippen molar-refractivity contribution in [3.05, 3.63) is 82.1 Å². The molecule has 182 valence electrons. The number of hydrogen-bond acceptors (Lipinski definition) is 6. The van der Waals surface area contributed by atoms with Crippen molar-refractivity contribution < 1.29 is 19.5 Å². The second kappa shape index (κ2) is 11.9. The maximum Gasteiger partial charge on any atom is 0.335 e. The predicted molar refractivity (Wildman–Crippen MR) is 135 cm³/mol. The van der Waals surface area contributed by atoms with Gasteiger partial charge in [-0.25, -0.2) is 4.79 Å². The summed E-state index contributed by atoms with van der Waals surface area (Å²) < 4.78 is 1.75. The van der Waals surface area contributed by atoms with Crippen LogP contribution >= 0.6 is 35.0 Å². The average molecular weight is 534 g/mol. The summed E-state index contributed by atoms with van der Waals surface area (Å²) in [6, 6.07) is 9.93. The first-order valence-electron chi connectivity index (χ1n) is 10.3. The number of aromatic carboxylic acids is 1. The van der Waals surface area contributed by atoms with Crippen LogP contribution in [0.1, 0.15) is 39.5 Å². The van der Waals surface area contributed by atoms with Gasteiger partial charge in [-0.05, 0) is 49.4 Å². The summed E-state index contributed by atoms with van der Waals surface area (Å²) >= 11 is 13.2. The molecule has 35 heavy (non-hydrogen) atoms. The summed E-state index contributed by atoms with van der Waals surface area (Å²) in [5, 5.41) is 24.0. The van der Waals surface area contributed by atoms with E-state index in [9.17, 15) is 14.4 Å². The van der Waals surface area contributed by atoms with Gasteiger partial charge in [-0.2, -0.15) is 0 Å². The van der Waals surface area contributed by atoms with Crippen LogP contribution in [0.15, 0.2) is 60.3 Å². The zero-order valence-electron chi connectivity index (χ0n) is 18.5. The lowest BCUT2D eigenvalue weighted by atomic mass is 10.2. The van der Waals surface area contributed by atoms with E-state index in [1.165, 1.54) is 48.2 Å². The number of nitrogens with zero attached hydrogens (tertiary/aromatic N) is 3. The van der Waals surface area contributed by atoms with Gasteiger partial charge in [0.15, 0.2) is 11.0 Å². The van der Waals surface area contributed by atoms with Crippen LogP contribution in [0.3, 0.4) is 0 Å². The lowest BCUT2D eigenvalue weighted by Crippen LogP contribution is -2.29.